The Kier molecular flexibility index (Phi) is 6.23. The summed E-state index contributed by atoms with van der Waals surface area (Å²) >= 11 is 0. The molecule has 4 nitrogen and oxygen atoms in total. The zero-order chi connectivity index (χ0) is 22.8. The number of piperidine rings is 1. The summed E-state index contributed by atoms with van der Waals surface area (Å²) in [6, 6.07) is 17.4. The molecule has 0 radical (unpaired) electrons. The van der Waals surface area contributed by atoms with Crippen LogP contribution >= 0.6 is 0 Å². The minimum atomic E-state index is -0.129. The van der Waals surface area contributed by atoms with Gasteiger partial charge in [-0.1, -0.05) is 48.5 Å². The van der Waals surface area contributed by atoms with E-state index < -0.39 is 0 Å². The van der Waals surface area contributed by atoms with Crippen LogP contribution in [-0.2, 0) is 11.2 Å². The van der Waals surface area contributed by atoms with E-state index in [-0.39, 0.29) is 17.8 Å². The molecule has 2 aromatic carbocycles. The lowest BCUT2D eigenvalue weighted by atomic mass is 9.86. The quantitative estimate of drug-likeness (QED) is 0.489. The van der Waals surface area contributed by atoms with Crippen LogP contribution in [0.2, 0.25) is 0 Å². The number of Topliss-reactive ketones (excluding diaryl/α,β-unsaturated/α-hetero) is 1. The van der Waals surface area contributed by atoms with Crippen LogP contribution in [0.3, 0.4) is 0 Å². The highest BCUT2D eigenvalue weighted by atomic mass is 19.1. The number of carbonyl (C=O) groups is 1. The smallest absolute Gasteiger partial charge is 0.138 e. The second kappa shape index (κ2) is 9.44. The Morgan fingerprint density at radius 2 is 1.79 bits per heavy atom. The van der Waals surface area contributed by atoms with Gasteiger partial charge in [0.1, 0.15) is 11.6 Å². The van der Waals surface area contributed by atoms with Gasteiger partial charge in [-0.25, -0.2) is 9.37 Å². The van der Waals surface area contributed by atoms with Gasteiger partial charge in [-0.3, -0.25) is 4.79 Å². The third-order valence-corrected chi connectivity index (χ3v) is 7.30. The number of allylic oxidation sites excluding steroid dienone is 2. The Hall–Kier alpha value is -3.05. The fourth-order valence-electron chi connectivity index (χ4n) is 5.41. The summed E-state index contributed by atoms with van der Waals surface area (Å²) in [5.41, 5.74) is 5.50. The lowest BCUT2D eigenvalue weighted by Crippen LogP contribution is -2.38. The number of nitrogens with zero attached hydrogens (tertiary/aromatic N) is 3. The number of hydrogen-bond acceptors (Lipinski definition) is 3. The summed E-state index contributed by atoms with van der Waals surface area (Å²) in [4.78, 5) is 20.1. The number of ketones is 1. The van der Waals surface area contributed by atoms with Gasteiger partial charge < -0.3 is 9.47 Å². The first-order valence-corrected chi connectivity index (χ1v) is 11.9. The number of fused-ring (bicyclic) bond motifs is 1. The highest BCUT2D eigenvalue weighted by Gasteiger charge is 2.34. The van der Waals surface area contributed by atoms with Gasteiger partial charge in [0.05, 0.1) is 24.3 Å². The lowest BCUT2D eigenvalue weighted by Gasteiger charge is -2.32. The molecule has 3 aromatic rings. The fourth-order valence-corrected chi connectivity index (χ4v) is 5.41. The summed E-state index contributed by atoms with van der Waals surface area (Å²) in [6.07, 6.45) is 6.73. The lowest BCUT2D eigenvalue weighted by molar-refractivity contribution is -0.124. The van der Waals surface area contributed by atoms with Crippen LogP contribution in [0.1, 0.15) is 49.0 Å². The number of aromatic nitrogens is 2. The first-order chi connectivity index (χ1) is 16.1. The number of imidazole rings is 1. The van der Waals surface area contributed by atoms with Crippen molar-refractivity contribution in [3.05, 3.63) is 89.8 Å². The molecule has 0 aliphatic carbocycles. The molecule has 2 aliphatic heterocycles. The number of hydrogen-bond donors (Lipinski definition) is 0. The molecule has 33 heavy (non-hydrogen) atoms. The van der Waals surface area contributed by atoms with E-state index in [0.29, 0.717) is 18.6 Å². The summed E-state index contributed by atoms with van der Waals surface area (Å²) < 4.78 is 16.1. The van der Waals surface area contributed by atoms with Gasteiger partial charge in [0.2, 0.25) is 0 Å². The molecule has 0 saturated carbocycles. The Labute approximate surface area is 194 Å². The van der Waals surface area contributed by atoms with E-state index in [2.05, 4.69) is 45.6 Å². The maximum atomic E-state index is 13.9. The summed E-state index contributed by atoms with van der Waals surface area (Å²) in [5.74, 6) is 0.312. The molecule has 5 heteroatoms. The fraction of sp³-hybridized carbons (Fsp3) is 0.357. The molecule has 2 aliphatic rings. The Morgan fingerprint density at radius 3 is 2.55 bits per heavy atom. The molecule has 3 heterocycles. The Morgan fingerprint density at radius 1 is 1.06 bits per heavy atom. The van der Waals surface area contributed by atoms with Crippen molar-refractivity contribution in [2.24, 2.45) is 5.92 Å². The van der Waals surface area contributed by atoms with Gasteiger partial charge in [0.15, 0.2) is 0 Å². The second-order valence-electron chi connectivity index (χ2n) is 9.23. The third-order valence-electron chi connectivity index (χ3n) is 7.30. The van der Waals surface area contributed by atoms with Crippen molar-refractivity contribution in [1.82, 2.24) is 14.5 Å². The van der Waals surface area contributed by atoms with Crippen molar-refractivity contribution in [1.29, 1.82) is 0 Å². The second-order valence-corrected chi connectivity index (χ2v) is 9.23. The number of carbonyl (C=O) groups excluding carboxylic acids is 1. The normalized spacial score (nSPS) is 19.2. The van der Waals surface area contributed by atoms with Gasteiger partial charge in [0.25, 0.3) is 0 Å². The van der Waals surface area contributed by atoms with E-state index in [1.54, 1.807) is 6.07 Å². The maximum absolute atomic E-state index is 13.9. The molecule has 1 fully saturated rings. The summed E-state index contributed by atoms with van der Waals surface area (Å²) in [6.45, 7) is 4.76. The number of halogens is 1. The van der Waals surface area contributed by atoms with Gasteiger partial charge >= 0.3 is 0 Å². The molecule has 170 valence electrons. The topological polar surface area (TPSA) is 38.1 Å². The van der Waals surface area contributed by atoms with Crippen molar-refractivity contribution < 1.29 is 9.18 Å². The highest BCUT2D eigenvalue weighted by Crippen LogP contribution is 2.44. The molecule has 1 unspecified atom stereocenters. The molecule has 5 rings (SSSR count). The Bertz CT molecular complexity index is 1160. The summed E-state index contributed by atoms with van der Waals surface area (Å²) in [7, 11) is 0. The standard InChI is InChI=1S/C28H30FN3O/c1-20-26-18-30-19-32(26)25(28(20)23-8-3-2-4-9-23)17-27(33)22-12-15-31(16-13-22)14-11-21-7-5-6-10-24(21)29/h2-10,18-19,22,25H,11-17H2,1H3. The Balaban J connectivity index is 1.22. The van der Waals surface area contributed by atoms with Crippen molar-refractivity contribution in [2.75, 3.05) is 19.6 Å². The molecule has 0 spiro atoms. The van der Waals surface area contributed by atoms with E-state index in [1.807, 2.05) is 30.7 Å². The maximum Gasteiger partial charge on any atom is 0.138 e. The average Bonchev–Trinajstić information content (AvgIpc) is 3.42. The predicted octanol–water partition coefficient (Wildman–Crippen LogP) is 5.42. The van der Waals surface area contributed by atoms with Crippen LogP contribution in [0.25, 0.3) is 11.1 Å². The zero-order valence-electron chi connectivity index (χ0n) is 19.1. The molecule has 0 N–H and O–H groups in total. The zero-order valence-corrected chi connectivity index (χ0v) is 19.1. The minimum Gasteiger partial charge on any atom is -0.323 e. The molecular weight excluding hydrogens is 413 g/mol. The van der Waals surface area contributed by atoms with Crippen LogP contribution in [-0.4, -0.2) is 39.9 Å². The van der Waals surface area contributed by atoms with E-state index in [0.717, 1.165) is 43.7 Å². The monoisotopic (exact) mass is 443 g/mol. The minimum absolute atomic E-state index is 0.0106. The van der Waals surface area contributed by atoms with Crippen molar-refractivity contribution >= 4 is 16.9 Å². The number of benzene rings is 2. The van der Waals surface area contributed by atoms with E-state index >= 15 is 0 Å². The van der Waals surface area contributed by atoms with Gasteiger partial charge in [0, 0.05) is 18.9 Å². The van der Waals surface area contributed by atoms with Crippen molar-refractivity contribution in [3.8, 4) is 0 Å². The molecule has 1 aromatic heterocycles. The van der Waals surface area contributed by atoms with E-state index in [1.165, 1.54) is 22.8 Å². The van der Waals surface area contributed by atoms with Crippen LogP contribution in [0, 0.1) is 11.7 Å². The molecular formula is C28H30FN3O. The number of rotatable bonds is 7. The van der Waals surface area contributed by atoms with Crippen LogP contribution < -0.4 is 0 Å². The number of likely N-dealkylation sites (tertiary alicyclic amines) is 1. The average molecular weight is 444 g/mol. The van der Waals surface area contributed by atoms with E-state index in [4.69, 9.17) is 0 Å². The third kappa shape index (κ3) is 4.42. The first-order valence-electron chi connectivity index (χ1n) is 11.9. The van der Waals surface area contributed by atoms with Gasteiger partial charge in [-0.15, -0.1) is 0 Å². The molecule has 1 saturated heterocycles. The molecule has 0 bridgehead atoms. The van der Waals surface area contributed by atoms with Crippen LogP contribution in [0.4, 0.5) is 4.39 Å². The largest absolute Gasteiger partial charge is 0.323 e. The van der Waals surface area contributed by atoms with Crippen molar-refractivity contribution in [2.45, 2.75) is 38.6 Å². The molecule has 1 atom stereocenters. The summed E-state index contributed by atoms with van der Waals surface area (Å²) in [5, 5.41) is 0. The van der Waals surface area contributed by atoms with Gasteiger partial charge in [-0.05, 0) is 67.6 Å². The first kappa shape index (κ1) is 21.8. The SMILES string of the molecule is CC1=C(c2ccccc2)C(CC(=O)C2CCN(CCc3ccccc3F)CC2)n2cncc21. The highest BCUT2D eigenvalue weighted by molar-refractivity contribution is 5.96. The molecule has 0 amide bonds. The van der Waals surface area contributed by atoms with Crippen molar-refractivity contribution in [3.63, 3.8) is 0 Å². The van der Waals surface area contributed by atoms with Crippen LogP contribution in [0.5, 0.6) is 0 Å². The predicted molar refractivity (Wildman–Crippen MR) is 129 cm³/mol. The van der Waals surface area contributed by atoms with Gasteiger partial charge in [-0.2, -0.15) is 0 Å². The van der Waals surface area contributed by atoms with Crippen LogP contribution in [0.15, 0.2) is 67.1 Å². The van der Waals surface area contributed by atoms with E-state index in [9.17, 15) is 9.18 Å².